The van der Waals surface area contributed by atoms with E-state index in [-0.39, 0.29) is 0 Å². The monoisotopic (exact) mass is 443 g/mol. The zero-order valence-corrected chi connectivity index (χ0v) is 17.0. The second-order valence-electron chi connectivity index (χ2n) is 6.66. The van der Waals surface area contributed by atoms with Crippen LogP contribution in [0, 0.1) is 0 Å². The van der Waals surface area contributed by atoms with Gasteiger partial charge in [0.15, 0.2) is 16.7 Å². The Labute approximate surface area is 170 Å². The van der Waals surface area contributed by atoms with Crippen molar-refractivity contribution < 1.29 is 9.47 Å². The van der Waals surface area contributed by atoms with E-state index in [0.29, 0.717) is 19.1 Å². The SMILES string of the molecule is Brc1cc2c(cc1CSc1nnc(C3CC3)n1-c1ccccc1)OCCO2. The van der Waals surface area contributed by atoms with Gasteiger partial charge in [-0.25, -0.2) is 0 Å². The first-order valence-corrected chi connectivity index (χ1v) is 10.8. The Morgan fingerprint density at radius 2 is 1.78 bits per heavy atom. The summed E-state index contributed by atoms with van der Waals surface area (Å²) in [5, 5.41) is 9.91. The van der Waals surface area contributed by atoms with Gasteiger partial charge in [-0.15, -0.1) is 10.2 Å². The molecule has 5 nitrogen and oxygen atoms in total. The maximum atomic E-state index is 5.72. The topological polar surface area (TPSA) is 49.2 Å². The van der Waals surface area contributed by atoms with Gasteiger partial charge in [0, 0.05) is 21.8 Å². The highest BCUT2D eigenvalue weighted by Gasteiger charge is 2.31. The Hall–Kier alpha value is -1.99. The van der Waals surface area contributed by atoms with Crippen molar-refractivity contribution in [1.82, 2.24) is 14.8 Å². The van der Waals surface area contributed by atoms with E-state index in [9.17, 15) is 0 Å². The number of rotatable bonds is 5. The molecule has 1 aromatic heterocycles. The van der Waals surface area contributed by atoms with E-state index in [2.05, 4.69) is 61.0 Å². The Kier molecular flexibility index (Phi) is 4.57. The van der Waals surface area contributed by atoms with Crippen molar-refractivity contribution in [3.8, 4) is 17.2 Å². The van der Waals surface area contributed by atoms with Crippen molar-refractivity contribution in [2.45, 2.75) is 29.7 Å². The highest BCUT2D eigenvalue weighted by molar-refractivity contribution is 9.10. The van der Waals surface area contributed by atoms with Crippen molar-refractivity contribution in [1.29, 1.82) is 0 Å². The highest BCUT2D eigenvalue weighted by Crippen LogP contribution is 2.42. The summed E-state index contributed by atoms with van der Waals surface area (Å²) in [5.41, 5.74) is 2.27. The molecule has 5 rings (SSSR count). The number of ether oxygens (including phenoxy) is 2. The van der Waals surface area contributed by atoms with E-state index in [0.717, 1.165) is 44.0 Å². The summed E-state index contributed by atoms with van der Waals surface area (Å²) in [6, 6.07) is 14.4. The minimum atomic E-state index is 0.535. The number of hydrogen-bond donors (Lipinski definition) is 0. The van der Waals surface area contributed by atoms with Gasteiger partial charge in [0.1, 0.15) is 19.0 Å². The minimum absolute atomic E-state index is 0.535. The standard InChI is InChI=1S/C20H18BrN3O2S/c21-16-11-18-17(25-8-9-26-18)10-14(16)12-27-20-23-22-19(13-6-7-13)24(20)15-4-2-1-3-5-15/h1-5,10-11,13H,6-9,12H2. The lowest BCUT2D eigenvalue weighted by atomic mass is 10.2. The van der Waals surface area contributed by atoms with Crippen LogP contribution in [0.25, 0.3) is 5.69 Å². The molecule has 2 aromatic carbocycles. The molecule has 0 saturated heterocycles. The Bertz CT molecular complexity index is 973. The summed E-state index contributed by atoms with van der Waals surface area (Å²) in [7, 11) is 0. The number of halogens is 1. The molecule has 3 aromatic rings. The quantitative estimate of drug-likeness (QED) is 0.520. The van der Waals surface area contributed by atoms with E-state index < -0.39 is 0 Å². The van der Waals surface area contributed by atoms with Crippen LogP contribution in [0.1, 0.15) is 30.1 Å². The van der Waals surface area contributed by atoms with Crippen LogP contribution < -0.4 is 9.47 Å². The van der Waals surface area contributed by atoms with Gasteiger partial charge in [-0.3, -0.25) is 4.57 Å². The predicted octanol–water partition coefficient (Wildman–Crippen LogP) is 4.97. The first-order chi connectivity index (χ1) is 13.3. The van der Waals surface area contributed by atoms with Crippen molar-refractivity contribution in [3.63, 3.8) is 0 Å². The second-order valence-corrected chi connectivity index (χ2v) is 8.46. The molecule has 0 radical (unpaired) electrons. The van der Waals surface area contributed by atoms with Crippen LogP contribution in [0.15, 0.2) is 52.1 Å². The Morgan fingerprint density at radius 1 is 1.04 bits per heavy atom. The lowest BCUT2D eigenvalue weighted by Crippen LogP contribution is -2.15. The molecule has 138 valence electrons. The number of benzene rings is 2. The van der Waals surface area contributed by atoms with Gasteiger partial charge in [0.2, 0.25) is 0 Å². The van der Waals surface area contributed by atoms with Crippen LogP contribution in [-0.4, -0.2) is 28.0 Å². The molecule has 0 atom stereocenters. The van der Waals surface area contributed by atoms with Crippen LogP contribution in [-0.2, 0) is 5.75 Å². The van der Waals surface area contributed by atoms with Gasteiger partial charge in [-0.1, -0.05) is 45.9 Å². The lowest BCUT2D eigenvalue weighted by Gasteiger charge is -2.19. The van der Waals surface area contributed by atoms with E-state index in [1.807, 2.05) is 12.1 Å². The largest absolute Gasteiger partial charge is 0.486 e. The average Bonchev–Trinajstić information content (AvgIpc) is 3.46. The number of para-hydroxylation sites is 1. The predicted molar refractivity (Wildman–Crippen MR) is 108 cm³/mol. The molecule has 0 amide bonds. The molecule has 2 heterocycles. The average molecular weight is 444 g/mol. The first kappa shape index (κ1) is 17.1. The Balaban J connectivity index is 1.43. The van der Waals surface area contributed by atoms with Crippen molar-refractivity contribution in [2.75, 3.05) is 13.2 Å². The molecule has 0 unspecified atom stereocenters. The zero-order chi connectivity index (χ0) is 18.2. The molecule has 1 aliphatic carbocycles. The van der Waals surface area contributed by atoms with Crippen LogP contribution in [0.4, 0.5) is 0 Å². The fraction of sp³-hybridized carbons (Fsp3) is 0.300. The van der Waals surface area contributed by atoms with E-state index in [1.54, 1.807) is 11.8 Å². The maximum Gasteiger partial charge on any atom is 0.196 e. The van der Waals surface area contributed by atoms with Crippen molar-refractivity contribution in [2.24, 2.45) is 0 Å². The molecule has 27 heavy (non-hydrogen) atoms. The summed E-state index contributed by atoms with van der Waals surface area (Å²) in [6.45, 7) is 1.19. The van der Waals surface area contributed by atoms with Crippen LogP contribution >= 0.6 is 27.7 Å². The highest BCUT2D eigenvalue weighted by atomic mass is 79.9. The molecule has 1 fully saturated rings. The molecule has 2 aliphatic rings. The Morgan fingerprint density at radius 3 is 2.52 bits per heavy atom. The summed E-state index contributed by atoms with van der Waals surface area (Å²) >= 11 is 5.35. The third-order valence-electron chi connectivity index (χ3n) is 4.68. The van der Waals surface area contributed by atoms with E-state index >= 15 is 0 Å². The van der Waals surface area contributed by atoms with Crippen LogP contribution in [0.5, 0.6) is 11.5 Å². The molecule has 0 bridgehead atoms. The van der Waals surface area contributed by atoms with Gasteiger partial charge < -0.3 is 9.47 Å². The third kappa shape index (κ3) is 3.46. The number of nitrogens with zero attached hydrogens (tertiary/aromatic N) is 3. The summed E-state index contributed by atoms with van der Waals surface area (Å²) < 4.78 is 14.6. The maximum absolute atomic E-state index is 5.72. The summed E-state index contributed by atoms with van der Waals surface area (Å²) in [6.07, 6.45) is 2.40. The van der Waals surface area contributed by atoms with Crippen LogP contribution in [0.3, 0.4) is 0 Å². The first-order valence-electron chi connectivity index (χ1n) is 9.01. The smallest absolute Gasteiger partial charge is 0.196 e. The minimum Gasteiger partial charge on any atom is -0.486 e. The lowest BCUT2D eigenvalue weighted by molar-refractivity contribution is 0.171. The second kappa shape index (κ2) is 7.20. The van der Waals surface area contributed by atoms with Gasteiger partial charge in [-0.05, 0) is 42.7 Å². The van der Waals surface area contributed by atoms with Crippen molar-refractivity contribution in [3.05, 3.63) is 58.3 Å². The van der Waals surface area contributed by atoms with E-state index in [1.165, 1.54) is 12.8 Å². The fourth-order valence-electron chi connectivity index (χ4n) is 3.16. The third-order valence-corrected chi connectivity index (χ3v) is 6.40. The fourth-order valence-corrected chi connectivity index (χ4v) is 4.76. The number of hydrogen-bond acceptors (Lipinski definition) is 5. The molecule has 0 spiro atoms. The molecule has 1 saturated carbocycles. The summed E-state index contributed by atoms with van der Waals surface area (Å²) in [5.74, 6) is 3.99. The van der Waals surface area contributed by atoms with Gasteiger partial charge in [0.05, 0.1) is 0 Å². The zero-order valence-electron chi connectivity index (χ0n) is 14.6. The van der Waals surface area contributed by atoms with Crippen molar-refractivity contribution >= 4 is 27.7 Å². The van der Waals surface area contributed by atoms with Crippen LogP contribution in [0.2, 0.25) is 0 Å². The molecule has 0 N–H and O–H groups in total. The summed E-state index contributed by atoms with van der Waals surface area (Å²) in [4.78, 5) is 0. The molecule has 1 aliphatic heterocycles. The number of thioether (sulfide) groups is 1. The molecular weight excluding hydrogens is 426 g/mol. The van der Waals surface area contributed by atoms with E-state index in [4.69, 9.17) is 9.47 Å². The number of fused-ring (bicyclic) bond motifs is 1. The van der Waals surface area contributed by atoms with Gasteiger partial charge >= 0.3 is 0 Å². The number of aromatic nitrogens is 3. The van der Waals surface area contributed by atoms with Gasteiger partial charge in [-0.2, -0.15) is 0 Å². The molecular formula is C20H18BrN3O2S. The molecule has 7 heteroatoms. The normalized spacial score (nSPS) is 15.7. The van der Waals surface area contributed by atoms with Gasteiger partial charge in [0.25, 0.3) is 0 Å².